The number of hydrogen-bond donors (Lipinski definition) is 1. The number of piperidine rings is 1. The van der Waals surface area contributed by atoms with E-state index in [1.54, 1.807) is 0 Å². The van der Waals surface area contributed by atoms with Gasteiger partial charge >= 0.3 is 0 Å². The van der Waals surface area contributed by atoms with Crippen LogP contribution in [0.1, 0.15) is 45.1 Å². The van der Waals surface area contributed by atoms with Crippen LogP contribution in [0.3, 0.4) is 0 Å². The molecule has 28 heavy (non-hydrogen) atoms. The minimum atomic E-state index is -0.845. The second-order valence-electron chi connectivity index (χ2n) is 8.58. The maximum Gasteiger partial charge on any atom is 0.237 e. The fraction of sp³-hybridized carbons (Fsp3) is 0.696. The molecule has 0 radical (unpaired) electrons. The second kappa shape index (κ2) is 9.38. The minimum absolute atomic E-state index is 0.0788. The van der Waals surface area contributed by atoms with Gasteiger partial charge in [-0.3, -0.25) is 9.69 Å². The highest BCUT2D eigenvalue weighted by atomic mass is 16.3. The van der Waals surface area contributed by atoms with Crippen molar-refractivity contribution < 1.29 is 9.90 Å². The molecule has 2 fully saturated rings. The Bertz CT molecular complexity index is 630. The van der Waals surface area contributed by atoms with Crippen molar-refractivity contribution in [2.75, 3.05) is 46.3 Å². The van der Waals surface area contributed by atoms with E-state index in [1.165, 1.54) is 0 Å². The average Bonchev–Trinajstić information content (AvgIpc) is 2.71. The van der Waals surface area contributed by atoms with Crippen molar-refractivity contribution in [3.63, 3.8) is 0 Å². The number of carbonyl (C=O) groups is 1. The summed E-state index contributed by atoms with van der Waals surface area (Å²) in [6.45, 7) is 9.43. The zero-order valence-corrected chi connectivity index (χ0v) is 17.8. The quantitative estimate of drug-likeness (QED) is 0.815. The molecule has 1 amide bonds. The van der Waals surface area contributed by atoms with E-state index < -0.39 is 5.60 Å². The predicted molar refractivity (Wildman–Crippen MR) is 113 cm³/mol. The standard InChI is InChI=1S/C23H37N3O2/c1-4-9-20-21(5-2)26(22(27)18-25-16-14-24(3)15-17-25)13-12-23(20,28)19-10-7-6-8-11-19/h6-8,10-11,20-21,28H,4-5,9,12-18H2,1-3H3/t20-,21+,23-/m1/s1. The van der Waals surface area contributed by atoms with Crippen LogP contribution in [0.4, 0.5) is 0 Å². The van der Waals surface area contributed by atoms with Gasteiger partial charge in [-0.05, 0) is 31.9 Å². The van der Waals surface area contributed by atoms with Crippen LogP contribution in [0.2, 0.25) is 0 Å². The molecule has 5 heteroatoms. The van der Waals surface area contributed by atoms with Gasteiger partial charge in [0, 0.05) is 44.7 Å². The third-order valence-corrected chi connectivity index (χ3v) is 6.78. The molecular weight excluding hydrogens is 350 g/mol. The van der Waals surface area contributed by atoms with Crippen LogP contribution in [0.5, 0.6) is 0 Å². The van der Waals surface area contributed by atoms with E-state index in [0.29, 0.717) is 19.5 Å². The zero-order valence-electron chi connectivity index (χ0n) is 17.8. The molecule has 0 aromatic heterocycles. The lowest BCUT2D eigenvalue weighted by molar-refractivity contribution is -0.153. The Labute approximate surface area is 170 Å². The molecule has 2 aliphatic heterocycles. The first-order valence-electron chi connectivity index (χ1n) is 11.0. The molecule has 2 aliphatic rings. The van der Waals surface area contributed by atoms with Crippen molar-refractivity contribution in [1.29, 1.82) is 0 Å². The van der Waals surface area contributed by atoms with E-state index in [9.17, 15) is 9.90 Å². The summed E-state index contributed by atoms with van der Waals surface area (Å²) >= 11 is 0. The number of likely N-dealkylation sites (N-methyl/N-ethyl adjacent to an activating group) is 1. The molecule has 2 heterocycles. The first-order valence-corrected chi connectivity index (χ1v) is 11.0. The molecule has 3 rings (SSSR count). The summed E-state index contributed by atoms with van der Waals surface area (Å²) < 4.78 is 0. The summed E-state index contributed by atoms with van der Waals surface area (Å²) in [4.78, 5) is 19.9. The lowest BCUT2D eigenvalue weighted by Crippen LogP contribution is -2.59. The van der Waals surface area contributed by atoms with Gasteiger partial charge in [0.25, 0.3) is 0 Å². The Hall–Kier alpha value is -1.43. The second-order valence-corrected chi connectivity index (χ2v) is 8.58. The smallest absolute Gasteiger partial charge is 0.237 e. The van der Waals surface area contributed by atoms with Crippen LogP contribution in [0, 0.1) is 5.92 Å². The molecule has 0 saturated carbocycles. The highest BCUT2D eigenvalue weighted by Crippen LogP contribution is 2.44. The maximum atomic E-state index is 13.2. The van der Waals surface area contributed by atoms with Gasteiger partial charge in [-0.1, -0.05) is 50.6 Å². The van der Waals surface area contributed by atoms with Gasteiger partial charge in [-0.15, -0.1) is 0 Å². The van der Waals surface area contributed by atoms with E-state index in [2.05, 4.69) is 35.6 Å². The van der Waals surface area contributed by atoms with Gasteiger partial charge in [-0.2, -0.15) is 0 Å². The Morgan fingerprint density at radius 3 is 2.39 bits per heavy atom. The number of carbonyl (C=O) groups excluding carboxylic acids is 1. The molecule has 5 nitrogen and oxygen atoms in total. The van der Waals surface area contributed by atoms with Gasteiger partial charge in [-0.25, -0.2) is 0 Å². The van der Waals surface area contributed by atoms with Gasteiger partial charge < -0.3 is 14.9 Å². The summed E-state index contributed by atoms with van der Waals surface area (Å²) in [5.74, 6) is 0.308. The summed E-state index contributed by atoms with van der Waals surface area (Å²) in [6, 6.07) is 10.2. The fourth-order valence-electron chi connectivity index (χ4n) is 5.11. The number of piperazine rings is 1. The highest BCUT2D eigenvalue weighted by molar-refractivity contribution is 5.79. The van der Waals surface area contributed by atoms with Crippen LogP contribution in [0.15, 0.2) is 30.3 Å². The van der Waals surface area contributed by atoms with Crippen LogP contribution >= 0.6 is 0 Å². The predicted octanol–water partition coefficient (Wildman–Crippen LogP) is 2.55. The maximum absolute atomic E-state index is 13.2. The average molecular weight is 388 g/mol. The molecule has 0 bridgehead atoms. The van der Waals surface area contributed by atoms with Gasteiger partial charge in [0.05, 0.1) is 12.1 Å². The van der Waals surface area contributed by atoms with E-state index in [-0.39, 0.29) is 17.9 Å². The molecular formula is C23H37N3O2. The van der Waals surface area contributed by atoms with E-state index in [0.717, 1.165) is 51.0 Å². The molecule has 2 saturated heterocycles. The largest absolute Gasteiger partial charge is 0.385 e. The summed E-state index contributed by atoms with van der Waals surface area (Å²) in [6.07, 6.45) is 3.44. The van der Waals surface area contributed by atoms with Gasteiger partial charge in [0.15, 0.2) is 0 Å². The van der Waals surface area contributed by atoms with Crippen LogP contribution in [-0.4, -0.2) is 78.1 Å². The molecule has 1 N–H and O–H groups in total. The lowest BCUT2D eigenvalue weighted by Gasteiger charge is -2.51. The zero-order chi connectivity index (χ0) is 20.1. The summed E-state index contributed by atoms with van der Waals surface area (Å²) in [5.41, 5.74) is 0.154. The Kier molecular flexibility index (Phi) is 7.13. The number of hydrogen-bond acceptors (Lipinski definition) is 4. The Morgan fingerprint density at radius 1 is 1.11 bits per heavy atom. The van der Waals surface area contributed by atoms with Crippen molar-refractivity contribution in [2.24, 2.45) is 5.92 Å². The monoisotopic (exact) mass is 387 g/mol. The summed E-state index contributed by atoms with van der Waals surface area (Å²) in [5, 5.41) is 11.7. The van der Waals surface area contributed by atoms with Crippen LogP contribution < -0.4 is 0 Å². The SMILES string of the molecule is CCC[C@@H]1[C@H](CC)N(C(=O)CN2CCN(C)CC2)CC[C@@]1(O)c1ccccc1. The van der Waals surface area contributed by atoms with Crippen molar-refractivity contribution in [3.05, 3.63) is 35.9 Å². The normalized spacial score (nSPS) is 29.8. The molecule has 0 unspecified atom stereocenters. The molecule has 1 aromatic carbocycles. The minimum Gasteiger partial charge on any atom is -0.385 e. The number of amides is 1. The number of aliphatic hydroxyl groups is 1. The van der Waals surface area contributed by atoms with Gasteiger partial charge in [0.1, 0.15) is 0 Å². The third kappa shape index (κ3) is 4.42. The van der Waals surface area contributed by atoms with Crippen molar-refractivity contribution in [3.8, 4) is 0 Å². The van der Waals surface area contributed by atoms with Crippen LogP contribution in [0.25, 0.3) is 0 Å². The third-order valence-electron chi connectivity index (χ3n) is 6.78. The first-order chi connectivity index (χ1) is 13.5. The molecule has 0 spiro atoms. The van der Waals surface area contributed by atoms with Gasteiger partial charge in [0.2, 0.25) is 5.91 Å². The number of rotatable bonds is 6. The Morgan fingerprint density at radius 2 is 1.79 bits per heavy atom. The van der Waals surface area contributed by atoms with Crippen LogP contribution in [-0.2, 0) is 10.4 Å². The number of likely N-dealkylation sites (tertiary alicyclic amines) is 1. The summed E-state index contributed by atoms with van der Waals surface area (Å²) in [7, 11) is 2.14. The molecule has 1 aromatic rings. The van der Waals surface area contributed by atoms with E-state index in [4.69, 9.17) is 0 Å². The lowest BCUT2D eigenvalue weighted by atomic mass is 9.69. The highest BCUT2D eigenvalue weighted by Gasteiger charge is 2.48. The van der Waals surface area contributed by atoms with Crippen molar-refractivity contribution in [1.82, 2.24) is 14.7 Å². The molecule has 3 atom stereocenters. The fourth-order valence-corrected chi connectivity index (χ4v) is 5.11. The molecule has 156 valence electrons. The van der Waals surface area contributed by atoms with E-state index in [1.807, 2.05) is 30.3 Å². The van der Waals surface area contributed by atoms with Crippen molar-refractivity contribution >= 4 is 5.91 Å². The Balaban J connectivity index is 1.77. The van der Waals surface area contributed by atoms with Crippen molar-refractivity contribution in [2.45, 2.75) is 51.2 Å². The first kappa shape index (κ1) is 21.3. The number of benzene rings is 1. The number of nitrogens with zero attached hydrogens (tertiary/aromatic N) is 3. The topological polar surface area (TPSA) is 47.0 Å². The van der Waals surface area contributed by atoms with E-state index >= 15 is 0 Å². The molecule has 0 aliphatic carbocycles.